The number of nitrogens with zero attached hydrogens (tertiary/aromatic N) is 3. The van der Waals surface area contributed by atoms with Crippen molar-refractivity contribution in [2.75, 3.05) is 18.4 Å². The number of benzene rings is 1. The molecule has 0 saturated carbocycles. The predicted molar refractivity (Wildman–Crippen MR) is 104 cm³/mol. The topological polar surface area (TPSA) is 79.3 Å². The lowest BCUT2D eigenvalue weighted by Gasteiger charge is -2.17. The highest BCUT2D eigenvalue weighted by atomic mass is 16.2. The molecule has 0 unspecified atom stereocenters. The van der Waals surface area contributed by atoms with Crippen molar-refractivity contribution in [1.29, 1.82) is 0 Å². The highest BCUT2D eigenvalue weighted by Crippen LogP contribution is 2.15. The first-order chi connectivity index (χ1) is 13.0. The van der Waals surface area contributed by atoms with E-state index in [0.717, 1.165) is 44.7 Å². The van der Waals surface area contributed by atoms with Crippen LogP contribution in [0.5, 0.6) is 0 Å². The fourth-order valence-corrected chi connectivity index (χ4v) is 3.40. The van der Waals surface area contributed by atoms with Crippen molar-refractivity contribution in [3.05, 3.63) is 47.3 Å². The molecule has 1 aliphatic heterocycles. The molecular weight excluding hydrogens is 342 g/mol. The molecule has 0 saturated heterocycles. The summed E-state index contributed by atoms with van der Waals surface area (Å²) in [7, 11) is 0. The number of hydrogen-bond donors (Lipinski definition) is 2. The summed E-state index contributed by atoms with van der Waals surface area (Å²) in [6.07, 6.45) is 2.24. The maximum atomic E-state index is 12.4. The van der Waals surface area contributed by atoms with E-state index in [4.69, 9.17) is 0 Å². The molecule has 27 heavy (non-hydrogen) atoms. The summed E-state index contributed by atoms with van der Waals surface area (Å²) < 4.78 is 2.06. The molecule has 0 bridgehead atoms. The third-order valence-corrected chi connectivity index (χ3v) is 4.56. The minimum absolute atomic E-state index is 0.163. The van der Waals surface area contributed by atoms with Gasteiger partial charge in [0.15, 0.2) is 0 Å². The van der Waals surface area contributed by atoms with Gasteiger partial charge in [0.1, 0.15) is 0 Å². The summed E-state index contributed by atoms with van der Waals surface area (Å²) in [6.45, 7) is 8.06. The van der Waals surface area contributed by atoms with Crippen molar-refractivity contribution in [1.82, 2.24) is 20.0 Å². The maximum absolute atomic E-state index is 12.4. The molecule has 1 aromatic carbocycles. The third kappa shape index (κ3) is 5.17. The van der Waals surface area contributed by atoms with Crippen LogP contribution in [0.1, 0.15) is 48.4 Å². The van der Waals surface area contributed by atoms with Crippen molar-refractivity contribution < 1.29 is 9.59 Å². The van der Waals surface area contributed by atoms with E-state index in [1.54, 1.807) is 24.3 Å². The number of hydrogen-bond acceptors (Lipinski definition) is 4. The highest BCUT2D eigenvalue weighted by Gasteiger charge is 2.16. The van der Waals surface area contributed by atoms with Crippen molar-refractivity contribution in [3.63, 3.8) is 0 Å². The average Bonchev–Trinajstić information content (AvgIpc) is 2.91. The molecule has 2 aromatic rings. The third-order valence-electron chi connectivity index (χ3n) is 4.56. The second-order valence-corrected chi connectivity index (χ2v) is 6.92. The van der Waals surface area contributed by atoms with Gasteiger partial charge in [0.25, 0.3) is 5.91 Å². The summed E-state index contributed by atoms with van der Waals surface area (Å²) in [4.78, 5) is 26.0. The molecule has 1 aromatic heterocycles. The molecule has 7 nitrogen and oxygen atoms in total. The Balaban J connectivity index is 1.61. The maximum Gasteiger partial charge on any atom is 0.251 e. The number of anilines is 1. The SMILES string of the molecule is CCCN1CCCn2nc(CNC(=O)c3cccc(NC(C)=O)c3)cc2C1. The molecule has 2 heterocycles. The number of amides is 2. The van der Waals surface area contributed by atoms with Gasteiger partial charge in [-0.3, -0.25) is 19.2 Å². The number of aryl methyl sites for hydroxylation is 1. The van der Waals surface area contributed by atoms with E-state index in [9.17, 15) is 9.59 Å². The molecule has 144 valence electrons. The van der Waals surface area contributed by atoms with E-state index >= 15 is 0 Å². The Labute approximate surface area is 159 Å². The second-order valence-electron chi connectivity index (χ2n) is 6.92. The summed E-state index contributed by atoms with van der Waals surface area (Å²) in [6, 6.07) is 8.99. The molecule has 0 radical (unpaired) electrons. The summed E-state index contributed by atoms with van der Waals surface area (Å²) >= 11 is 0. The normalized spacial score (nSPS) is 14.3. The lowest BCUT2D eigenvalue weighted by Crippen LogP contribution is -2.24. The Morgan fingerprint density at radius 2 is 2.07 bits per heavy atom. The van der Waals surface area contributed by atoms with Crippen molar-refractivity contribution in [2.24, 2.45) is 0 Å². The van der Waals surface area contributed by atoms with Crippen LogP contribution >= 0.6 is 0 Å². The van der Waals surface area contributed by atoms with Crippen LogP contribution in [0.15, 0.2) is 30.3 Å². The number of fused-ring (bicyclic) bond motifs is 1. The largest absolute Gasteiger partial charge is 0.346 e. The van der Waals surface area contributed by atoms with Crippen LogP contribution in [0.4, 0.5) is 5.69 Å². The van der Waals surface area contributed by atoms with Gasteiger partial charge in [0.05, 0.1) is 17.9 Å². The number of nitrogens with one attached hydrogen (secondary N) is 2. The lowest BCUT2D eigenvalue weighted by molar-refractivity contribution is -0.114. The van der Waals surface area contributed by atoms with Gasteiger partial charge in [-0.1, -0.05) is 13.0 Å². The number of aromatic nitrogens is 2. The quantitative estimate of drug-likeness (QED) is 0.819. The first-order valence-corrected chi connectivity index (χ1v) is 9.49. The van der Waals surface area contributed by atoms with Gasteiger partial charge in [-0.2, -0.15) is 5.10 Å². The van der Waals surface area contributed by atoms with Crippen molar-refractivity contribution in [2.45, 2.75) is 46.3 Å². The Morgan fingerprint density at radius 1 is 1.22 bits per heavy atom. The zero-order chi connectivity index (χ0) is 19.2. The summed E-state index contributed by atoms with van der Waals surface area (Å²) in [5.41, 5.74) is 3.20. The lowest BCUT2D eigenvalue weighted by atomic mass is 10.2. The van der Waals surface area contributed by atoms with E-state index in [2.05, 4.69) is 38.3 Å². The van der Waals surface area contributed by atoms with Crippen LogP contribution in [0.3, 0.4) is 0 Å². The van der Waals surface area contributed by atoms with E-state index in [-0.39, 0.29) is 11.8 Å². The first kappa shape index (κ1) is 19.1. The van der Waals surface area contributed by atoms with E-state index in [1.807, 2.05) is 0 Å². The predicted octanol–water partition coefficient (Wildman–Crippen LogP) is 2.39. The fraction of sp³-hybridized carbons (Fsp3) is 0.450. The minimum Gasteiger partial charge on any atom is -0.346 e. The van der Waals surface area contributed by atoms with Crippen LogP contribution in [0.2, 0.25) is 0 Å². The Hall–Kier alpha value is -2.67. The van der Waals surface area contributed by atoms with Gasteiger partial charge in [0, 0.05) is 37.8 Å². The minimum atomic E-state index is -0.182. The fourth-order valence-electron chi connectivity index (χ4n) is 3.40. The van der Waals surface area contributed by atoms with E-state index < -0.39 is 0 Å². The zero-order valence-electron chi connectivity index (χ0n) is 16.0. The molecule has 3 rings (SSSR count). The van der Waals surface area contributed by atoms with Crippen LogP contribution in [0.25, 0.3) is 0 Å². The van der Waals surface area contributed by atoms with Gasteiger partial charge >= 0.3 is 0 Å². The monoisotopic (exact) mass is 369 g/mol. The number of carbonyl (C=O) groups excluding carboxylic acids is 2. The average molecular weight is 369 g/mol. The van der Waals surface area contributed by atoms with Gasteiger partial charge in [-0.25, -0.2) is 0 Å². The Morgan fingerprint density at radius 3 is 2.85 bits per heavy atom. The molecule has 0 fully saturated rings. The van der Waals surface area contributed by atoms with Crippen LogP contribution in [-0.4, -0.2) is 39.6 Å². The second kappa shape index (κ2) is 8.81. The van der Waals surface area contributed by atoms with Gasteiger partial charge < -0.3 is 10.6 Å². The van der Waals surface area contributed by atoms with Gasteiger partial charge in [-0.05, 0) is 43.7 Å². The highest BCUT2D eigenvalue weighted by molar-refractivity contribution is 5.96. The molecule has 1 aliphatic rings. The zero-order valence-corrected chi connectivity index (χ0v) is 16.0. The standard InChI is InChI=1S/C20H27N5O2/c1-3-8-24-9-5-10-25-19(14-24)12-18(23-25)13-21-20(27)16-6-4-7-17(11-16)22-15(2)26/h4,6-7,11-12H,3,5,8-10,13-14H2,1-2H3,(H,21,27)(H,22,26). The Bertz CT molecular complexity index is 814. The molecule has 2 amide bonds. The molecule has 2 N–H and O–H groups in total. The summed E-state index contributed by atoms with van der Waals surface area (Å²) in [5.74, 6) is -0.345. The van der Waals surface area contributed by atoms with Crippen LogP contribution < -0.4 is 10.6 Å². The molecule has 0 aliphatic carbocycles. The van der Waals surface area contributed by atoms with Crippen molar-refractivity contribution in [3.8, 4) is 0 Å². The van der Waals surface area contributed by atoms with E-state index in [1.165, 1.54) is 12.6 Å². The number of carbonyl (C=O) groups is 2. The first-order valence-electron chi connectivity index (χ1n) is 9.49. The molecule has 0 spiro atoms. The number of rotatable bonds is 6. The van der Waals surface area contributed by atoms with Gasteiger partial charge in [0.2, 0.25) is 5.91 Å². The van der Waals surface area contributed by atoms with Crippen LogP contribution in [0, 0.1) is 0 Å². The molecule has 0 atom stereocenters. The van der Waals surface area contributed by atoms with Crippen LogP contribution in [-0.2, 0) is 24.4 Å². The van der Waals surface area contributed by atoms with Gasteiger partial charge in [-0.15, -0.1) is 0 Å². The Kier molecular flexibility index (Phi) is 6.24. The molecular formula is C20H27N5O2. The van der Waals surface area contributed by atoms with E-state index in [0.29, 0.717) is 17.8 Å². The molecule has 7 heteroatoms. The smallest absolute Gasteiger partial charge is 0.251 e. The summed E-state index contributed by atoms with van der Waals surface area (Å²) in [5, 5.41) is 10.2. The van der Waals surface area contributed by atoms with Crippen molar-refractivity contribution >= 4 is 17.5 Å².